The fourth-order valence-corrected chi connectivity index (χ4v) is 0.710. The van der Waals surface area contributed by atoms with E-state index in [0.29, 0.717) is 5.70 Å². The standard InChI is InChI=1S/C6H8N2O2/c1-2-4-6(10)7-3-5(9)8-4/h2H,3H2,1H3,(H,7,10)(H,8,9)/b4-2+. The van der Waals surface area contributed by atoms with Crippen molar-refractivity contribution < 1.29 is 9.59 Å². The third-order valence-electron chi connectivity index (χ3n) is 1.22. The van der Waals surface area contributed by atoms with Crippen LogP contribution in [0.3, 0.4) is 0 Å². The average molecular weight is 140 g/mol. The molecule has 1 aliphatic rings. The summed E-state index contributed by atoms with van der Waals surface area (Å²) < 4.78 is 0. The number of piperazine rings is 1. The van der Waals surface area contributed by atoms with Crippen LogP contribution in [0.25, 0.3) is 0 Å². The number of carbonyl (C=O) groups is 2. The van der Waals surface area contributed by atoms with E-state index in [1.165, 1.54) is 0 Å². The minimum atomic E-state index is -0.220. The first kappa shape index (κ1) is 6.80. The Morgan fingerprint density at radius 2 is 2.20 bits per heavy atom. The van der Waals surface area contributed by atoms with Crippen LogP contribution < -0.4 is 10.6 Å². The van der Waals surface area contributed by atoms with Gasteiger partial charge in [-0.3, -0.25) is 9.59 Å². The van der Waals surface area contributed by atoms with Crippen molar-refractivity contribution in [1.82, 2.24) is 10.6 Å². The molecule has 0 aliphatic carbocycles. The Kier molecular flexibility index (Phi) is 1.71. The molecule has 0 atom stereocenters. The second-order valence-electron chi connectivity index (χ2n) is 1.93. The van der Waals surface area contributed by atoms with Gasteiger partial charge in [-0.05, 0) is 6.92 Å². The van der Waals surface area contributed by atoms with Crippen LogP contribution in [-0.4, -0.2) is 18.4 Å². The molecule has 1 heterocycles. The highest BCUT2D eigenvalue weighted by molar-refractivity contribution is 6.02. The first-order chi connectivity index (χ1) is 4.74. The SMILES string of the molecule is C/C=C1/NC(=O)CNC1=O. The molecular formula is C6H8N2O2. The summed E-state index contributed by atoms with van der Waals surface area (Å²) in [6, 6.07) is 0. The summed E-state index contributed by atoms with van der Waals surface area (Å²) in [5.41, 5.74) is 0.330. The fraction of sp³-hybridized carbons (Fsp3) is 0.333. The topological polar surface area (TPSA) is 58.2 Å². The van der Waals surface area contributed by atoms with Gasteiger partial charge in [0.15, 0.2) is 0 Å². The molecule has 0 aromatic heterocycles. The molecule has 0 saturated carbocycles. The Balaban J connectivity index is 2.72. The van der Waals surface area contributed by atoms with E-state index < -0.39 is 0 Å². The van der Waals surface area contributed by atoms with Crippen LogP contribution in [-0.2, 0) is 9.59 Å². The predicted molar refractivity (Wildman–Crippen MR) is 34.9 cm³/mol. The van der Waals surface area contributed by atoms with Gasteiger partial charge in [0.2, 0.25) is 5.91 Å². The van der Waals surface area contributed by atoms with Gasteiger partial charge in [0, 0.05) is 0 Å². The smallest absolute Gasteiger partial charge is 0.267 e. The Labute approximate surface area is 58.3 Å². The minimum Gasteiger partial charge on any atom is -0.342 e. The van der Waals surface area contributed by atoms with Crippen molar-refractivity contribution in [2.45, 2.75) is 6.92 Å². The van der Waals surface area contributed by atoms with Crippen LogP contribution in [0.4, 0.5) is 0 Å². The van der Waals surface area contributed by atoms with Crippen LogP contribution in [0.1, 0.15) is 6.92 Å². The molecular weight excluding hydrogens is 132 g/mol. The first-order valence-corrected chi connectivity index (χ1v) is 2.98. The van der Waals surface area contributed by atoms with E-state index in [2.05, 4.69) is 10.6 Å². The van der Waals surface area contributed by atoms with Crippen LogP contribution in [0.15, 0.2) is 11.8 Å². The fourth-order valence-electron chi connectivity index (χ4n) is 0.710. The number of nitrogens with one attached hydrogen (secondary N) is 2. The Morgan fingerprint density at radius 1 is 1.50 bits per heavy atom. The summed E-state index contributed by atoms with van der Waals surface area (Å²) in [6.45, 7) is 1.77. The zero-order chi connectivity index (χ0) is 7.56. The summed E-state index contributed by atoms with van der Waals surface area (Å²) in [5.74, 6) is -0.394. The Morgan fingerprint density at radius 3 is 2.70 bits per heavy atom. The van der Waals surface area contributed by atoms with Crippen molar-refractivity contribution >= 4 is 11.8 Å². The van der Waals surface area contributed by atoms with Crippen molar-refractivity contribution in [3.63, 3.8) is 0 Å². The van der Waals surface area contributed by atoms with Gasteiger partial charge in [0.25, 0.3) is 5.91 Å². The van der Waals surface area contributed by atoms with Gasteiger partial charge >= 0.3 is 0 Å². The van der Waals surface area contributed by atoms with Crippen molar-refractivity contribution in [3.05, 3.63) is 11.8 Å². The van der Waals surface area contributed by atoms with Crippen LogP contribution in [0.5, 0.6) is 0 Å². The molecule has 1 rings (SSSR count). The Hall–Kier alpha value is -1.32. The molecule has 1 aliphatic heterocycles. The zero-order valence-electron chi connectivity index (χ0n) is 5.60. The van der Waals surface area contributed by atoms with Crippen molar-refractivity contribution in [3.8, 4) is 0 Å². The molecule has 1 fully saturated rings. The van der Waals surface area contributed by atoms with E-state index in [0.717, 1.165) is 0 Å². The van der Waals surface area contributed by atoms with Crippen molar-refractivity contribution in [2.75, 3.05) is 6.54 Å². The van der Waals surface area contributed by atoms with Crippen molar-refractivity contribution in [2.24, 2.45) is 0 Å². The van der Waals surface area contributed by atoms with E-state index in [1.807, 2.05) is 0 Å². The number of hydrogen-bond acceptors (Lipinski definition) is 2. The lowest BCUT2D eigenvalue weighted by Crippen LogP contribution is -2.46. The van der Waals surface area contributed by atoms with Crippen LogP contribution in [0.2, 0.25) is 0 Å². The van der Waals surface area contributed by atoms with Crippen LogP contribution >= 0.6 is 0 Å². The molecule has 0 aromatic rings. The van der Waals surface area contributed by atoms with E-state index in [4.69, 9.17) is 0 Å². The maximum Gasteiger partial charge on any atom is 0.267 e. The summed E-state index contributed by atoms with van der Waals surface area (Å²) in [7, 11) is 0. The van der Waals surface area contributed by atoms with E-state index in [-0.39, 0.29) is 18.4 Å². The molecule has 54 valence electrons. The lowest BCUT2D eigenvalue weighted by atomic mass is 10.3. The number of amides is 2. The number of hydrogen-bond donors (Lipinski definition) is 2. The highest BCUT2D eigenvalue weighted by Gasteiger charge is 2.17. The molecule has 4 nitrogen and oxygen atoms in total. The lowest BCUT2D eigenvalue weighted by Gasteiger charge is -2.14. The van der Waals surface area contributed by atoms with E-state index in [1.54, 1.807) is 13.0 Å². The first-order valence-electron chi connectivity index (χ1n) is 2.98. The highest BCUT2D eigenvalue weighted by atomic mass is 16.2. The number of rotatable bonds is 0. The lowest BCUT2D eigenvalue weighted by molar-refractivity contribution is -0.127. The quantitative estimate of drug-likeness (QED) is 0.430. The highest BCUT2D eigenvalue weighted by Crippen LogP contribution is 1.92. The maximum atomic E-state index is 10.8. The molecule has 0 unspecified atom stereocenters. The molecule has 1 saturated heterocycles. The molecule has 4 heteroatoms. The van der Waals surface area contributed by atoms with E-state index >= 15 is 0 Å². The summed E-state index contributed by atoms with van der Waals surface area (Å²) in [5, 5.41) is 4.84. The van der Waals surface area contributed by atoms with Gasteiger partial charge in [-0.25, -0.2) is 0 Å². The largest absolute Gasteiger partial charge is 0.342 e. The summed E-state index contributed by atoms with van der Waals surface area (Å²) in [4.78, 5) is 21.4. The minimum absolute atomic E-state index is 0.0795. The molecule has 0 radical (unpaired) electrons. The monoisotopic (exact) mass is 140 g/mol. The zero-order valence-corrected chi connectivity index (χ0v) is 5.60. The average Bonchev–Trinajstić information content (AvgIpc) is 1.94. The van der Waals surface area contributed by atoms with Gasteiger partial charge in [0.05, 0.1) is 6.54 Å². The number of allylic oxidation sites excluding steroid dienone is 1. The molecule has 0 spiro atoms. The van der Waals surface area contributed by atoms with E-state index in [9.17, 15) is 9.59 Å². The van der Waals surface area contributed by atoms with Gasteiger partial charge in [-0.2, -0.15) is 0 Å². The van der Waals surface area contributed by atoms with Gasteiger partial charge in [-0.15, -0.1) is 0 Å². The molecule has 10 heavy (non-hydrogen) atoms. The Bertz CT molecular complexity index is 208. The van der Waals surface area contributed by atoms with Gasteiger partial charge in [-0.1, -0.05) is 6.08 Å². The molecule has 0 bridgehead atoms. The third-order valence-corrected chi connectivity index (χ3v) is 1.22. The maximum absolute atomic E-state index is 10.8. The summed E-state index contributed by atoms with van der Waals surface area (Å²) in [6.07, 6.45) is 1.56. The molecule has 2 N–H and O–H groups in total. The van der Waals surface area contributed by atoms with Crippen molar-refractivity contribution in [1.29, 1.82) is 0 Å². The number of carbonyl (C=O) groups excluding carboxylic acids is 2. The predicted octanol–water partition coefficient (Wildman–Crippen LogP) is -0.864. The summed E-state index contributed by atoms with van der Waals surface area (Å²) >= 11 is 0. The van der Waals surface area contributed by atoms with Gasteiger partial charge in [0.1, 0.15) is 5.70 Å². The third kappa shape index (κ3) is 1.15. The van der Waals surface area contributed by atoms with Crippen LogP contribution in [0, 0.1) is 0 Å². The normalized spacial score (nSPS) is 22.3. The second-order valence-corrected chi connectivity index (χ2v) is 1.93. The second kappa shape index (κ2) is 2.51. The molecule has 2 amide bonds. The molecule has 0 aromatic carbocycles. The van der Waals surface area contributed by atoms with Gasteiger partial charge < -0.3 is 10.6 Å².